The van der Waals surface area contributed by atoms with Crippen molar-refractivity contribution >= 4 is 5.91 Å². The van der Waals surface area contributed by atoms with Crippen LogP contribution in [0.1, 0.15) is 19.3 Å². The third-order valence-electron chi connectivity index (χ3n) is 3.41. The Morgan fingerprint density at radius 1 is 1.71 bits per heavy atom. The summed E-state index contributed by atoms with van der Waals surface area (Å²) in [6.07, 6.45) is 1.65. The zero-order chi connectivity index (χ0) is 12.3. The van der Waals surface area contributed by atoms with Gasteiger partial charge in [-0.25, -0.2) is 0 Å². The minimum absolute atomic E-state index is 0.144. The van der Waals surface area contributed by atoms with Gasteiger partial charge in [0.05, 0.1) is 11.7 Å². The number of amides is 1. The molecular weight excluding hydrogens is 224 g/mol. The summed E-state index contributed by atoms with van der Waals surface area (Å²) in [5.74, 6) is -0.177. The lowest BCUT2D eigenvalue weighted by Gasteiger charge is -2.36. The average molecular weight is 240 g/mol. The number of carbonyl (C=O) groups is 1. The van der Waals surface area contributed by atoms with Crippen LogP contribution in [0.5, 0.6) is 0 Å². The van der Waals surface area contributed by atoms with Gasteiger partial charge in [0, 0.05) is 31.0 Å². The lowest BCUT2D eigenvalue weighted by Crippen LogP contribution is -2.45. The van der Waals surface area contributed by atoms with E-state index in [9.17, 15) is 9.90 Å². The highest BCUT2D eigenvalue weighted by atomic mass is 16.5. The van der Waals surface area contributed by atoms with Gasteiger partial charge in [-0.05, 0) is 18.4 Å². The zero-order valence-corrected chi connectivity index (χ0v) is 9.58. The smallest absolute Gasteiger partial charge is 0.228 e. The van der Waals surface area contributed by atoms with Crippen LogP contribution in [0.2, 0.25) is 0 Å². The van der Waals surface area contributed by atoms with Crippen molar-refractivity contribution in [3.63, 3.8) is 0 Å². The fourth-order valence-electron chi connectivity index (χ4n) is 2.54. The minimum Gasteiger partial charge on any atom is -0.393 e. The lowest BCUT2D eigenvalue weighted by atomic mass is 9.91. The van der Waals surface area contributed by atoms with E-state index in [4.69, 9.17) is 10.3 Å². The second-order valence-corrected chi connectivity index (χ2v) is 4.63. The molecule has 7 heteroatoms. The van der Waals surface area contributed by atoms with Gasteiger partial charge >= 0.3 is 0 Å². The van der Waals surface area contributed by atoms with Gasteiger partial charge in [0.1, 0.15) is 6.54 Å². The van der Waals surface area contributed by atoms with E-state index in [0.717, 1.165) is 6.42 Å². The largest absolute Gasteiger partial charge is 0.393 e. The first-order chi connectivity index (χ1) is 8.15. The van der Waals surface area contributed by atoms with Crippen LogP contribution in [-0.4, -0.2) is 53.9 Å². The summed E-state index contributed by atoms with van der Waals surface area (Å²) in [5.41, 5.74) is 7.78. The third kappa shape index (κ3) is 2.69. The van der Waals surface area contributed by atoms with Crippen molar-refractivity contribution in [2.45, 2.75) is 31.0 Å². The molecule has 0 aliphatic carbocycles. The van der Waals surface area contributed by atoms with Gasteiger partial charge in [0.25, 0.3) is 0 Å². The standard InChI is InChI=1S/C10H16N4O3/c11-13-12-6-9(16)14-3-2-10(7-14)5-8(15)1-4-17-10/h8,15H,1-7H2/t8-,10+/m0/s1. The minimum atomic E-state index is -0.385. The maximum Gasteiger partial charge on any atom is 0.228 e. The van der Waals surface area contributed by atoms with Crippen LogP contribution < -0.4 is 0 Å². The lowest BCUT2D eigenvalue weighted by molar-refractivity contribution is -0.134. The summed E-state index contributed by atoms with van der Waals surface area (Å²) >= 11 is 0. The Balaban J connectivity index is 1.94. The average Bonchev–Trinajstić information content (AvgIpc) is 2.69. The summed E-state index contributed by atoms with van der Waals surface area (Å²) in [6.45, 7) is 1.49. The van der Waals surface area contributed by atoms with Crippen LogP contribution in [0, 0.1) is 0 Å². The molecule has 0 radical (unpaired) electrons. The fourth-order valence-corrected chi connectivity index (χ4v) is 2.54. The predicted octanol–water partition coefficient (Wildman–Crippen LogP) is 0.439. The van der Waals surface area contributed by atoms with E-state index in [1.54, 1.807) is 4.90 Å². The van der Waals surface area contributed by atoms with Crippen LogP contribution in [0.3, 0.4) is 0 Å². The molecule has 0 aromatic heterocycles. The number of likely N-dealkylation sites (tertiary alicyclic amines) is 1. The van der Waals surface area contributed by atoms with Crippen molar-refractivity contribution in [1.82, 2.24) is 4.90 Å². The summed E-state index contributed by atoms with van der Waals surface area (Å²) in [5, 5.41) is 12.9. The molecule has 0 bridgehead atoms. The molecular formula is C10H16N4O3. The van der Waals surface area contributed by atoms with Crippen molar-refractivity contribution in [2.75, 3.05) is 26.2 Å². The topological polar surface area (TPSA) is 98.5 Å². The molecule has 0 saturated carbocycles. The molecule has 2 atom stereocenters. The van der Waals surface area contributed by atoms with Gasteiger partial charge in [-0.1, -0.05) is 5.11 Å². The first-order valence-corrected chi connectivity index (χ1v) is 5.76. The SMILES string of the molecule is [N-]=[N+]=NCC(=O)N1CC[C@@]2(C[C@@H](O)CCO2)C1. The maximum absolute atomic E-state index is 11.7. The molecule has 1 spiro atoms. The molecule has 0 aromatic rings. The van der Waals surface area contributed by atoms with Crippen molar-refractivity contribution in [3.05, 3.63) is 10.4 Å². The molecule has 2 aliphatic heterocycles. The number of ether oxygens (including phenoxy) is 1. The number of azide groups is 1. The molecule has 2 rings (SSSR count). The molecule has 0 aromatic carbocycles. The van der Waals surface area contributed by atoms with Crippen LogP contribution in [0.15, 0.2) is 5.11 Å². The first kappa shape index (κ1) is 12.2. The van der Waals surface area contributed by atoms with Crippen molar-refractivity contribution in [3.8, 4) is 0 Å². The Labute approximate surface area is 99.0 Å². The second kappa shape index (κ2) is 4.91. The molecule has 1 N–H and O–H groups in total. The van der Waals surface area contributed by atoms with E-state index >= 15 is 0 Å². The highest BCUT2D eigenvalue weighted by molar-refractivity contribution is 5.78. The Morgan fingerprint density at radius 2 is 2.53 bits per heavy atom. The first-order valence-electron chi connectivity index (χ1n) is 5.76. The Hall–Kier alpha value is -1.30. The van der Waals surface area contributed by atoms with Crippen molar-refractivity contribution < 1.29 is 14.6 Å². The van der Waals surface area contributed by atoms with E-state index in [-0.39, 0.29) is 24.2 Å². The molecule has 2 saturated heterocycles. The van der Waals surface area contributed by atoms with Crippen molar-refractivity contribution in [1.29, 1.82) is 0 Å². The summed E-state index contributed by atoms with van der Waals surface area (Å²) in [7, 11) is 0. The van der Waals surface area contributed by atoms with Gasteiger partial charge in [0.15, 0.2) is 0 Å². The highest BCUT2D eigenvalue weighted by Crippen LogP contribution is 2.34. The van der Waals surface area contributed by atoms with Gasteiger partial charge in [-0.3, -0.25) is 4.79 Å². The summed E-state index contributed by atoms with van der Waals surface area (Å²) in [4.78, 5) is 15.9. The number of rotatable bonds is 2. The molecule has 7 nitrogen and oxygen atoms in total. The van der Waals surface area contributed by atoms with E-state index < -0.39 is 0 Å². The van der Waals surface area contributed by atoms with Crippen LogP contribution >= 0.6 is 0 Å². The Morgan fingerprint density at radius 3 is 3.24 bits per heavy atom. The number of aliphatic hydroxyl groups is 1. The van der Waals surface area contributed by atoms with E-state index in [0.29, 0.717) is 32.5 Å². The second-order valence-electron chi connectivity index (χ2n) is 4.63. The number of hydrogen-bond donors (Lipinski definition) is 1. The normalized spacial score (nSPS) is 32.5. The monoisotopic (exact) mass is 240 g/mol. The van der Waals surface area contributed by atoms with E-state index in [1.807, 2.05) is 0 Å². The molecule has 2 heterocycles. The quantitative estimate of drug-likeness (QED) is 0.430. The van der Waals surface area contributed by atoms with Gasteiger partial charge < -0.3 is 14.7 Å². The molecule has 17 heavy (non-hydrogen) atoms. The van der Waals surface area contributed by atoms with Crippen LogP contribution in [-0.2, 0) is 9.53 Å². The van der Waals surface area contributed by atoms with Gasteiger partial charge in [0.2, 0.25) is 5.91 Å². The molecule has 94 valence electrons. The Kier molecular flexibility index (Phi) is 3.51. The van der Waals surface area contributed by atoms with E-state index in [1.165, 1.54) is 0 Å². The van der Waals surface area contributed by atoms with E-state index in [2.05, 4.69) is 10.0 Å². The molecule has 2 aliphatic rings. The predicted molar refractivity (Wildman–Crippen MR) is 59.1 cm³/mol. The molecule has 2 fully saturated rings. The van der Waals surface area contributed by atoms with Crippen LogP contribution in [0.25, 0.3) is 10.4 Å². The fraction of sp³-hybridized carbons (Fsp3) is 0.900. The van der Waals surface area contributed by atoms with Gasteiger partial charge in [-0.15, -0.1) is 0 Å². The summed E-state index contributed by atoms with van der Waals surface area (Å²) < 4.78 is 5.72. The Bertz CT molecular complexity index is 355. The van der Waals surface area contributed by atoms with Crippen molar-refractivity contribution in [2.24, 2.45) is 5.11 Å². The maximum atomic E-state index is 11.7. The number of aliphatic hydroxyl groups excluding tert-OH is 1. The number of carbonyl (C=O) groups excluding carboxylic acids is 1. The number of hydrogen-bond acceptors (Lipinski definition) is 4. The van der Waals surface area contributed by atoms with Crippen LogP contribution in [0.4, 0.5) is 0 Å². The zero-order valence-electron chi connectivity index (χ0n) is 9.58. The number of nitrogens with zero attached hydrogens (tertiary/aromatic N) is 4. The summed E-state index contributed by atoms with van der Waals surface area (Å²) in [6, 6.07) is 0. The third-order valence-corrected chi connectivity index (χ3v) is 3.41. The highest BCUT2D eigenvalue weighted by Gasteiger charge is 2.44. The molecule has 0 unspecified atom stereocenters. The van der Waals surface area contributed by atoms with Gasteiger partial charge in [-0.2, -0.15) is 0 Å². The molecule has 1 amide bonds.